The molecule has 2 aromatic carbocycles. The van der Waals surface area contributed by atoms with Crippen molar-refractivity contribution in [2.45, 2.75) is 18.9 Å². The number of nitrogens with one attached hydrogen (secondary N) is 2. The molecule has 29 heavy (non-hydrogen) atoms. The van der Waals surface area contributed by atoms with Crippen LogP contribution in [0.5, 0.6) is 11.5 Å². The second-order valence-corrected chi connectivity index (χ2v) is 7.59. The lowest BCUT2D eigenvalue weighted by Gasteiger charge is -2.12. The van der Waals surface area contributed by atoms with Gasteiger partial charge in [-0.25, -0.2) is 0 Å². The highest BCUT2D eigenvalue weighted by molar-refractivity contribution is 9.10. The molecule has 0 spiro atoms. The minimum absolute atomic E-state index is 0.0138. The highest BCUT2D eigenvalue weighted by Gasteiger charge is 2.22. The van der Waals surface area contributed by atoms with Crippen LogP contribution in [0.1, 0.15) is 34.9 Å². The van der Waals surface area contributed by atoms with E-state index in [1.165, 1.54) is 6.20 Å². The van der Waals surface area contributed by atoms with Crippen LogP contribution in [0.2, 0.25) is 0 Å². The number of carbonyl (C=O) groups excluding carboxylic acids is 2. The van der Waals surface area contributed by atoms with Crippen LogP contribution in [0.4, 0.5) is 5.69 Å². The van der Waals surface area contributed by atoms with Crippen molar-refractivity contribution in [1.82, 2.24) is 10.3 Å². The molecule has 1 fully saturated rings. The number of benzene rings is 2. The van der Waals surface area contributed by atoms with Gasteiger partial charge in [-0.15, -0.1) is 0 Å². The van der Waals surface area contributed by atoms with E-state index >= 15 is 0 Å². The van der Waals surface area contributed by atoms with Crippen molar-refractivity contribution >= 4 is 33.4 Å². The highest BCUT2D eigenvalue weighted by atomic mass is 79.9. The fourth-order valence-corrected chi connectivity index (χ4v) is 3.39. The van der Waals surface area contributed by atoms with Gasteiger partial charge in [0.15, 0.2) is 0 Å². The van der Waals surface area contributed by atoms with Gasteiger partial charge in [0.25, 0.3) is 5.91 Å². The Kier molecular flexibility index (Phi) is 5.57. The van der Waals surface area contributed by atoms with Crippen LogP contribution in [0.3, 0.4) is 0 Å². The van der Waals surface area contributed by atoms with Gasteiger partial charge < -0.3 is 15.4 Å². The number of hydrogen-bond donors (Lipinski definition) is 2. The third kappa shape index (κ3) is 4.81. The quantitative estimate of drug-likeness (QED) is 0.581. The molecule has 1 aliphatic rings. The van der Waals surface area contributed by atoms with Crippen LogP contribution in [0.25, 0.3) is 0 Å². The summed E-state index contributed by atoms with van der Waals surface area (Å²) in [7, 11) is 0. The van der Waals surface area contributed by atoms with E-state index in [9.17, 15) is 9.59 Å². The van der Waals surface area contributed by atoms with E-state index < -0.39 is 0 Å². The number of ether oxygens (including phenoxy) is 1. The first-order valence-electron chi connectivity index (χ1n) is 9.17. The van der Waals surface area contributed by atoms with Crippen molar-refractivity contribution in [2.24, 2.45) is 0 Å². The third-order valence-electron chi connectivity index (χ3n) is 4.56. The first-order chi connectivity index (χ1) is 14.1. The number of nitrogens with zero attached hydrogens (tertiary/aromatic N) is 1. The lowest BCUT2D eigenvalue weighted by molar-refractivity contribution is -0.119. The van der Waals surface area contributed by atoms with Crippen molar-refractivity contribution in [3.05, 3.63) is 82.6 Å². The van der Waals surface area contributed by atoms with Crippen LogP contribution < -0.4 is 15.4 Å². The smallest absolute Gasteiger partial charge is 0.274 e. The standard InChI is InChI=1S/C22H18BrN3O3/c23-15-4-6-17(7-5-15)29-18-10-11-24-20(13-18)22(28)25-16-3-1-2-14(12-16)19-8-9-21(27)26-19/h1-7,10-13,19H,8-9H2,(H,25,28)(H,26,27). The van der Waals surface area contributed by atoms with Crippen LogP contribution in [0, 0.1) is 0 Å². The van der Waals surface area contributed by atoms with E-state index in [0.717, 1.165) is 16.5 Å². The molecule has 7 heteroatoms. The van der Waals surface area contributed by atoms with Gasteiger partial charge in [0.05, 0.1) is 6.04 Å². The van der Waals surface area contributed by atoms with Crippen molar-refractivity contribution in [3.63, 3.8) is 0 Å². The van der Waals surface area contributed by atoms with Gasteiger partial charge in [0, 0.05) is 28.8 Å². The summed E-state index contributed by atoms with van der Waals surface area (Å²) < 4.78 is 6.75. The lowest BCUT2D eigenvalue weighted by atomic mass is 10.0. The van der Waals surface area contributed by atoms with Gasteiger partial charge in [0.1, 0.15) is 17.2 Å². The fraction of sp³-hybridized carbons (Fsp3) is 0.136. The molecule has 0 radical (unpaired) electrons. The predicted octanol–water partition coefficient (Wildman–Crippen LogP) is 4.84. The van der Waals surface area contributed by atoms with Crippen LogP contribution in [0.15, 0.2) is 71.3 Å². The zero-order valence-corrected chi connectivity index (χ0v) is 17.0. The Morgan fingerprint density at radius 1 is 1.10 bits per heavy atom. The summed E-state index contributed by atoms with van der Waals surface area (Å²) in [5.41, 5.74) is 1.86. The molecule has 3 aromatic rings. The SMILES string of the molecule is O=C1CCC(c2cccc(NC(=O)c3cc(Oc4ccc(Br)cc4)ccn3)c2)N1. The average Bonchev–Trinajstić information content (AvgIpc) is 3.17. The molecule has 146 valence electrons. The molecule has 2 heterocycles. The highest BCUT2D eigenvalue weighted by Crippen LogP contribution is 2.26. The monoisotopic (exact) mass is 451 g/mol. The maximum atomic E-state index is 12.6. The molecular formula is C22H18BrN3O3. The van der Waals surface area contributed by atoms with E-state index in [1.807, 2.05) is 42.5 Å². The largest absolute Gasteiger partial charge is 0.457 e. The zero-order valence-electron chi connectivity index (χ0n) is 15.4. The van der Waals surface area contributed by atoms with Gasteiger partial charge in [-0.2, -0.15) is 0 Å². The molecule has 1 aliphatic heterocycles. The van der Waals surface area contributed by atoms with Crippen LogP contribution in [-0.4, -0.2) is 16.8 Å². The second kappa shape index (κ2) is 8.45. The molecule has 2 amide bonds. The molecule has 1 atom stereocenters. The Morgan fingerprint density at radius 3 is 2.69 bits per heavy atom. The Labute approximate surface area is 176 Å². The first-order valence-corrected chi connectivity index (χ1v) is 9.96. The summed E-state index contributed by atoms with van der Waals surface area (Å²) in [4.78, 5) is 28.2. The lowest BCUT2D eigenvalue weighted by Crippen LogP contribution is -2.18. The topological polar surface area (TPSA) is 80.3 Å². The van der Waals surface area contributed by atoms with Crippen molar-refractivity contribution < 1.29 is 14.3 Å². The van der Waals surface area contributed by atoms with E-state index in [4.69, 9.17) is 4.74 Å². The average molecular weight is 452 g/mol. The van der Waals surface area contributed by atoms with Gasteiger partial charge in [-0.3, -0.25) is 14.6 Å². The minimum atomic E-state index is -0.334. The van der Waals surface area contributed by atoms with Gasteiger partial charge in [-0.1, -0.05) is 28.1 Å². The summed E-state index contributed by atoms with van der Waals surface area (Å²) in [6.45, 7) is 0. The molecule has 2 N–H and O–H groups in total. The number of pyridine rings is 1. The number of amides is 2. The summed E-state index contributed by atoms with van der Waals surface area (Å²) in [5.74, 6) is 0.905. The van der Waals surface area contributed by atoms with Gasteiger partial charge in [-0.05, 0) is 54.4 Å². The van der Waals surface area contributed by atoms with Crippen LogP contribution in [-0.2, 0) is 4.79 Å². The maximum absolute atomic E-state index is 12.6. The summed E-state index contributed by atoms with van der Waals surface area (Å²) in [6, 6.07) is 18.2. The number of halogens is 1. The molecule has 1 saturated heterocycles. The molecule has 1 unspecified atom stereocenters. The molecular weight excluding hydrogens is 434 g/mol. The normalized spacial score (nSPS) is 15.6. The van der Waals surface area contributed by atoms with E-state index in [1.54, 1.807) is 18.2 Å². The Balaban J connectivity index is 1.46. The fourth-order valence-electron chi connectivity index (χ4n) is 3.13. The number of carbonyl (C=O) groups is 2. The second-order valence-electron chi connectivity index (χ2n) is 6.67. The Bertz CT molecular complexity index is 1050. The number of aromatic nitrogens is 1. The summed E-state index contributed by atoms with van der Waals surface area (Å²) >= 11 is 3.38. The van der Waals surface area contributed by atoms with Crippen molar-refractivity contribution in [3.8, 4) is 11.5 Å². The maximum Gasteiger partial charge on any atom is 0.274 e. The summed E-state index contributed by atoms with van der Waals surface area (Å²) in [5, 5.41) is 5.79. The predicted molar refractivity (Wildman–Crippen MR) is 113 cm³/mol. The number of rotatable bonds is 5. The molecule has 4 rings (SSSR count). The van der Waals surface area contributed by atoms with Gasteiger partial charge >= 0.3 is 0 Å². The molecule has 0 aliphatic carbocycles. The van der Waals surface area contributed by atoms with Gasteiger partial charge in [0.2, 0.25) is 5.91 Å². The minimum Gasteiger partial charge on any atom is -0.457 e. The first kappa shape index (κ1) is 19.1. The van der Waals surface area contributed by atoms with E-state index in [2.05, 4.69) is 31.5 Å². The van der Waals surface area contributed by atoms with E-state index in [-0.39, 0.29) is 23.6 Å². The third-order valence-corrected chi connectivity index (χ3v) is 5.08. The summed E-state index contributed by atoms with van der Waals surface area (Å²) in [6.07, 6.45) is 2.82. The molecule has 0 bridgehead atoms. The molecule has 6 nitrogen and oxygen atoms in total. The van der Waals surface area contributed by atoms with E-state index in [0.29, 0.717) is 23.6 Å². The molecule has 0 saturated carbocycles. The molecule has 1 aromatic heterocycles. The Hall–Kier alpha value is -3.19. The number of anilines is 1. The Morgan fingerprint density at radius 2 is 1.93 bits per heavy atom. The van der Waals surface area contributed by atoms with Crippen molar-refractivity contribution in [2.75, 3.05) is 5.32 Å². The van der Waals surface area contributed by atoms with Crippen molar-refractivity contribution in [1.29, 1.82) is 0 Å². The number of hydrogen-bond acceptors (Lipinski definition) is 4. The zero-order chi connectivity index (χ0) is 20.2. The van der Waals surface area contributed by atoms with Crippen LogP contribution >= 0.6 is 15.9 Å².